The number of sulfonamides is 1. The second kappa shape index (κ2) is 9.67. The third-order valence-corrected chi connectivity index (χ3v) is 6.66. The van der Waals surface area contributed by atoms with Gasteiger partial charge in [0.25, 0.3) is 0 Å². The molecule has 1 aromatic rings. The first-order valence-corrected chi connectivity index (χ1v) is 10.8. The summed E-state index contributed by atoms with van der Waals surface area (Å²) >= 11 is 5.78. The molecular formula is C18H25ClFNO4S. The van der Waals surface area contributed by atoms with Gasteiger partial charge in [-0.15, -0.1) is 0 Å². The van der Waals surface area contributed by atoms with Gasteiger partial charge < -0.3 is 5.11 Å². The van der Waals surface area contributed by atoms with Crippen LogP contribution in [0.1, 0.15) is 44.9 Å². The van der Waals surface area contributed by atoms with Gasteiger partial charge in [-0.3, -0.25) is 4.79 Å². The molecule has 0 heterocycles. The number of hydrogen-bond acceptors (Lipinski definition) is 3. The molecule has 1 saturated carbocycles. The van der Waals surface area contributed by atoms with Crippen molar-refractivity contribution in [3.63, 3.8) is 0 Å². The van der Waals surface area contributed by atoms with Crippen molar-refractivity contribution in [2.45, 2.75) is 56.0 Å². The van der Waals surface area contributed by atoms with E-state index in [9.17, 15) is 17.6 Å². The second-order valence-corrected chi connectivity index (χ2v) is 9.02. The summed E-state index contributed by atoms with van der Waals surface area (Å²) in [6.45, 7) is 0.213. The van der Waals surface area contributed by atoms with Crippen molar-refractivity contribution in [1.82, 2.24) is 4.72 Å². The van der Waals surface area contributed by atoms with Gasteiger partial charge in [0.2, 0.25) is 10.0 Å². The van der Waals surface area contributed by atoms with Gasteiger partial charge in [0, 0.05) is 18.0 Å². The van der Waals surface area contributed by atoms with E-state index < -0.39 is 22.2 Å². The molecule has 5 nitrogen and oxygen atoms in total. The monoisotopic (exact) mass is 405 g/mol. The van der Waals surface area contributed by atoms with Crippen LogP contribution in [-0.4, -0.2) is 32.2 Å². The number of benzene rings is 1. The van der Waals surface area contributed by atoms with E-state index in [1.54, 1.807) is 0 Å². The largest absolute Gasteiger partial charge is 0.481 e. The Labute approximate surface area is 159 Å². The Morgan fingerprint density at radius 3 is 2.54 bits per heavy atom. The predicted octanol–water partition coefficient (Wildman–Crippen LogP) is 4.02. The highest BCUT2D eigenvalue weighted by atomic mass is 35.5. The molecule has 1 aliphatic carbocycles. The number of rotatable bonds is 10. The number of hydrogen-bond donors (Lipinski definition) is 2. The topological polar surface area (TPSA) is 83.5 Å². The minimum atomic E-state index is -3.64. The van der Waals surface area contributed by atoms with Crippen LogP contribution in [0.5, 0.6) is 0 Å². The van der Waals surface area contributed by atoms with Crippen molar-refractivity contribution in [1.29, 1.82) is 0 Å². The van der Waals surface area contributed by atoms with Gasteiger partial charge in [0.1, 0.15) is 6.17 Å². The normalized spacial score (nSPS) is 23.2. The summed E-state index contributed by atoms with van der Waals surface area (Å²) in [5.74, 6) is -1.02. The zero-order valence-electron chi connectivity index (χ0n) is 14.5. The van der Waals surface area contributed by atoms with Gasteiger partial charge in [-0.1, -0.05) is 24.4 Å². The zero-order chi connectivity index (χ0) is 19.2. The number of unbranched alkanes of at least 4 members (excludes halogenated alkanes) is 2. The molecule has 8 heteroatoms. The van der Waals surface area contributed by atoms with E-state index in [1.165, 1.54) is 24.3 Å². The molecule has 1 aliphatic rings. The first-order valence-electron chi connectivity index (χ1n) is 8.90. The molecule has 0 bridgehead atoms. The van der Waals surface area contributed by atoms with Crippen LogP contribution < -0.4 is 4.72 Å². The van der Waals surface area contributed by atoms with Crippen LogP contribution in [0.3, 0.4) is 0 Å². The highest BCUT2D eigenvalue weighted by molar-refractivity contribution is 7.89. The van der Waals surface area contributed by atoms with Crippen molar-refractivity contribution >= 4 is 27.6 Å². The van der Waals surface area contributed by atoms with Crippen LogP contribution in [0.4, 0.5) is 4.39 Å². The third kappa shape index (κ3) is 6.21. The fraction of sp³-hybridized carbons (Fsp3) is 0.611. The van der Waals surface area contributed by atoms with Crippen molar-refractivity contribution in [2.75, 3.05) is 6.54 Å². The molecule has 1 aromatic carbocycles. The van der Waals surface area contributed by atoms with Gasteiger partial charge >= 0.3 is 5.97 Å². The standard InChI is InChI=1S/C18H25ClFNO4S/c19-14-7-9-15(10-8-14)26(24,25)21-12-13-6-11-17(20)16(13)4-2-1-3-5-18(22)23/h7-10,13,16-17,21H,1-6,11-12H2,(H,22,23)/t13-,16-,17-/m1/s1. The smallest absolute Gasteiger partial charge is 0.303 e. The fourth-order valence-electron chi connectivity index (χ4n) is 3.51. The molecule has 0 saturated heterocycles. The van der Waals surface area contributed by atoms with Crippen molar-refractivity contribution in [2.24, 2.45) is 11.8 Å². The van der Waals surface area contributed by atoms with E-state index in [-0.39, 0.29) is 29.7 Å². The van der Waals surface area contributed by atoms with Gasteiger partial charge in [0.15, 0.2) is 0 Å². The minimum absolute atomic E-state index is 0.0356. The number of carboxylic acids is 1. The molecule has 2 N–H and O–H groups in total. The Morgan fingerprint density at radius 2 is 1.88 bits per heavy atom. The molecule has 0 radical (unpaired) electrons. The summed E-state index contributed by atoms with van der Waals surface area (Å²) in [4.78, 5) is 10.6. The first kappa shape index (κ1) is 21.1. The lowest BCUT2D eigenvalue weighted by atomic mass is 9.90. The van der Waals surface area contributed by atoms with Crippen molar-refractivity contribution in [3.05, 3.63) is 29.3 Å². The maximum absolute atomic E-state index is 14.2. The summed E-state index contributed by atoms with van der Waals surface area (Å²) in [5, 5.41) is 9.09. The second-order valence-electron chi connectivity index (χ2n) is 6.82. The van der Waals surface area contributed by atoms with E-state index in [4.69, 9.17) is 16.7 Å². The van der Waals surface area contributed by atoms with Crippen molar-refractivity contribution in [3.8, 4) is 0 Å². The molecule has 0 unspecified atom stereocenters. The van der Waals surface area contributed by atoms with Gasteiger partial charge in [-0.05, 0) is 61.8 Å². The predicted molar refractivity (Wildman–Crippen MR) is 98.5 cm³/mol. The van der Waals surface area contributed by atoms with E-state index in [0.29, 0.717) is 30.7 Å². The van der Waals surface area contributed by atoms with E-state index in [1.807, 2.05) is 0 Å². The summed E-state index contributed by atoms with van der Waals surface area (Å²) < 4.78 is 41.5. The van der Waals surface area contributed by atoms with E-state index in [0.717, 1.165) is 12.8 Å². The number of carboxylic acid groups (broad SMARTS) is 1. The Bertz CT molecular complexity index is 696. The Kier molecular flexibility index (Phi) is 7.85. The quantitative estimate of drug-likeness (QED) is 0.576. The molecule has 26 heavy (non-hydrogen) atoms. The van der Waals surface area contributed by atoms with Crippen LogP contribution in [0, 0.1) is 11.8 Å². The van der Waals surface area contributed by atoms with Crippen molar-refractivity contribution < 1.29 is 22.7 Å². The van der Waals surface area contributed by atoms with E-state index in [2.05, 4.69) is 4.72 Å². The average Bonchev–Trinajstić information content (AvgIpc) is 2.93. The molecule has 2 rings (SSSR count). The summed E-state index contributed by atoms with van der Waals surface area (Å²) in [7, 11) is -3.64. The maximum atomic E-state index is 14.2. The Hall–Kier alpha value is -1.18. The first-order chi connectivity index (χ1) is 12.3. The lowest BCUT2D eigenvalue weighted by Crippen LogP contribution is -2.32. The molecule has 0 aliphatic heterocycles. The number of aliphatic carboxylic acids is 1. The summed E-state index contributed by atoms with van der Waals surface area (Å²) in [6.07, 6.45) is 3.09. The molecule has 1 fully saturated rings. The van der Waals surface area contributed by atoms with Crippen LogP contribution >= 0.6 is 11.6 Å². The number of alkyl halides is 1. The summed E-state index contributed by atoms with van der Waals surface area (Å²) in [6, 6.07) is 5.92. The molecule has 0 amide bonds. The van der Waals surface area contributed by atoms with Gasteiger partial charge in [-0.2, -0.15) is 0 Å². The lowest BCUT2D eigenvalue weighted by molar-refractivity contribution is -0.137. The molecule has 146 valence electrons. The summed E-state index contributed by atoms with van der Waals surface area (Å²) in [5.41, 5.74) is 0. The fourth-order valence-corrected chi connectivity index (χ4v) is 4.73. The Morgan fingerprint density at radius 1 is 1.19 bits per heavy atom. The molecule has 0 aromatic heterocycles. The SMILES string of the molecule is O=C(O)CCCCC[C@@H]1[C@@H](CNS(=O)(=O)c2ccc(Cl)cc2)CC[C@H]1F. The molecule has 3 atom stereocenters. The zero-order valence-corrected chi connectivity index (χ0v) is 16.1. The minimum Gasteiger partial charge on any atom is -0.481 e. The highest BCUT2D eigenvalue weighted by Gasteiger charge is 2.36. The van der Waals surface area contributed by atoms with Gasteiger partial charge in [-0.25, -0.2) is 17.5 Å². The van der Waals surface area contributed by atoms with Crippen LogP contribution in [0.15, 0.2) is 29.2 Å². The third-order valence-electron chi connectivity index (χ3n) is 4.97. The highest BCUT2D eigenvalue weighted by Crippen LogP contribution is 2.37. The average molecular weight is 406 g/mol. The molecular weight excluding hydrogens is 381 g/mol. The van der Waals surface area contributed by atoms with Crippen LogP contribution in [0.2, 0.25) is 5.02 Å². The maximum Gasteiger partial charge on any atom is 0.303 e. The number of nitrogens with one attached hydrogen (secondary N) is 1. The molecule has 0 spiro atoms. The van der Waals surface area contributed by atoms with Crippen LogP contribution in [0.25, 0.3) is 0 Å². The number of halogens is 2. The Balaban J connectivity index is 1.84. The number of carbonyl (C=O) groups is 1. The van der Waals surface area contributed by atoms with Crippen LogP contribution in [-0.2, 0) is 14.8 Å². The lowest BCUT2D eigenvalue weighted by Gasteiger charge is -2.21. The van der Waals surface area contributed by atoms with E-state index >= 15 is 0 Å². The van der Waals surface area contributed by atoms with Gasteiger partial charge in [0.05, 0.1) is 4.90 Å².